The monoisotopic (exact) mass is 567 g/mol. The highest BCUT2D eigenvalue weighted by Gasteiger charge is 2.31. The molecule has 2 atom stereocenters. The van der Waals surface area contributed by atoms with Crippen molar-refractivity contribution in [3.05, 3.63) is 102 Å². The van der Waals surface area contributed by atoms with E-state index >= 15 is 0 Å². The zero-order valence-corrected chi connectivity index (χ0v) is 24.1. The minimum Gasteiger partial charge on any atom is -0.352 e. The van der Waals surface area contributed by atoms with Crippen LogP contribution in [-0.2, 0) is 32.6 Å². The van der Waals surface area contributed by atoms with Crippen LogP contribution in [0.15, 0.2) is 89.8 Å². The molecular weight excluding hydrogens is 529 g/mol. The lowest BCUT2D eigenvalue weighted by Gasteiger charge is -2.32. The summed E-state index contributed by atoms with van der Waals surface area (Å²) in [5.41, 5.74) is 1.59. The largest absolute Gasteiger partial charge is 0.352 e. The van der Waals surface area contributed by atoms with E-state index in [1.54, 1.807) is 30.3 Å². The summed E-state index contributed by atoms with van der Waals surface area (Å²) in [6.45, 7) is 4.13. The van der Waals surface area contributed by atoms with Crippen molar-refractivity contribution in [1.29, 1.82) is 0 Å². The Balaban J connectivity index is 1.83. The average Bonchev–Trinajstić information content (AvgIpc) is 2.96. The maximum absolute atomic E-state index is 13.7. The summed E-state index contributed by atoms with van der Waals surface area (Å²) in [4.78, 5) is 29.0. The third-order valence-electron chi connectivity index (χ3n) is 6.85. The lowest BCUT2D eigenvalue weighted by Crippen LogP contribution is -2.52. The fourth-order valence-electron chi connectivity index (χ4n) is 4.27. The number of carbonyl (C=O) groups excluding carboxylic acids is 2. The smallest absolute Gasteiger partial charge is 0.243 e. The molecule has 3 aromatic rings. The van der Waals surface area contributed by atoms with Gasteiger partial charge in [0.1, 0.15) is 11.9 Å². The number of halogens is 1. The molecule has 0 spiro atoms. The van der Waals surface area contributed by atoms with Crippen molar-refractivity contribution in [2.24, 2.45) is 0 Å². The zero-order valence-electron chi connectivity index (χ0n) is 23.3. The number of hydrogen-bond acceptors (Lipinski definition) is 4. The molecule has 0 radical (unpaired) electrons. The quantitative estimate of drug-likeness (QED) is 0.304. The molecule has 0 fully saturated rings. The van der Waals surface area contributed by atoms with E-state index in [2.05, 4.69) is 5.32 Å². The summed E-state index contributed by atoms with van der Waals surface area (Å²) < 4.78 is 40.6. The van der Waals surface area contributed by atoms with E-state index in [0.717, 1.165) is 12.0 Å². The molecule has 40 heavy (non-hydrogen) atoms. The first-order chi connectivity index (χ1) is 19.1. The van der Waals surface area contributed by atoms with Crippen molar-refractivity contribution in [2.45, 2.75) is 63.1 Å². The average molecular weight is 568 g/mol. The first kappa shape index (κ1) is 31.0. The minimum atomic E-state index is -3.69. The number of rotatable bonds is 14. The van der Waals surface area contributed by atoms with Crippen molar-refractivity contribution in [3.8, 4) is 0 Å². The van der Waals surface area contributed by atoms with Gasteiger partial charge < -0.3 is 10.2 Å². The van der Waals surface area contributed by atoms with Crippen LogP contribution in [0.5, 0.6) is 0 Å². The maximum atomic E-state index is 13.7. The van der Waals surface area contributed by atoms with Crippen LogP contribution in [0, 0.1) is 5.82 Å². The molecule has 0 saturated carbocycles. The van der Waals surface area contributed by atoms with Crippen molar-refractivity contribution in [1.82, 2.24) is 14.5 Å². The Morgan fingerprint density at radius 1 is 0.900 bits per heavy atom. The van der Waals surface area contributed by atoms with Gasteiger partial charge in [-0.3, -0.25) is 9.59 Å². The van der Waals surface area contributed by atoms with Crippen LogP contribution in [-0.4, -0.2) is 55.1 Å². The van der Waals surface area contributed by atoms with Crippen LogP contribution in [0.4, 0.5) is 4.39 Å². The highest BCUT2D eigenvalue weighted by molar-refractivity contribution is 7.89. The molecule has 9 heteroatoms. The lowest BCUT2D eigenvalue weighted by atomic mass is 10.0. The summed E-state index contributed by atoms with van der Waals surface area (Å²) >= 11 is 0. The first-order valence-electron chi connectivity index (χ1n) is 13.5. The molecule has 3 aromatic carbocycles. The van der Waals surface area contributed by atoms with Crippen LogP contribution in [0.2, 0.25) is 0 Å². The van der Waals surface area contributed by atoms with E-state index in [0.29, 0.717) is 12.0 Å². The van der Waals surface area contributed by atoms with Crippen LogP contribution < -0.4 is 5.32 Å². The molecular formula is C31H38FN3O4S. The molecule has 0 aliphatic rings. The summed E-state index contributed by atoms with van der Waals surface area (Å²) in [5, 5.41) is 3.01. The Morgan fingerprint density at radius 3 is 2.10 bits per heavy atom. The zero-order chi connectivity index (χ0) is 29.1. The molecule has 1 N–H and O–H groups in total. The number of nitrogens with zero attached hydrogens (tertiary/aromatic N) is 2. The highest BCUT2D eigenvalue weighted by Crippen LogP contribution is 2.19. The minimum absolute atomic E-state index is 0.0394. The second-order valence-electron chi connectivity index (χ2n) is 9.91. The van der Waals surface area contributed by atoms with E-state index in [1.807, 2.05) is 44.2 Å². The van der Waals surface area contributed by atoms with Crippen molar-refractivity contribution < 1.29 is 22.4 Å². The Bertz CT molecular complexity index is 1340. The number of benzene rings is 3. The number of hydrogen-bond donors (Lipinski definition) is 1. The Kier molecular flexibility index (Phi) is 11.4. The Hall–Kier alpha value is -3.56. The van der Waals surface area contributed by atoms with Gasteiger partial charge >= 0.3 is 0 Å². The van der Waals surface area contributed by atoms with Gasteiger partial charge in [-0.05, 0) is 55.2 Å². The fourth-order valence-corrected chi connectivity index (χ4v) is 5.50. The summed E-state index contributed by atoms with van der Waals surface area (Å²) in [6, 6.07) is 22.6. The van der Waals surface area contributed by atoms with Gasteiger partial charge in [-0.1, -0.05) is 67.6 Å². The van der Waals surface area contributed by atoms with Gasteiger partial charge in [0.15, 0.2) is 0 Å². The standard InChI is InChI=1S/C31H38FN3O4S/c1-4-24(2)33-31(37)29(22-25-12-7-5-8-13-25)35(23-26-17-19-27(32)20-18-26)30(36)16-11-21-34(3)40(38,39)28-14-9-6-10-15-28/h5-10,12-15,17-20,24,29H,4,11,16,21-23H2,1-3H3,(H,33,37). The molecule has 0 aliphatic carbocycles. The number of nitrogens with one attached hydrogen (secondary N) is 1. The van der Waals surface area contributed by atoms with E-state index in [4.69, 9.17) is 0 Å². The summed E-state index contributed by atoms with van der Waals surface area (Å²) in [7, 11) is -2.20. The predicted octanol–water partition coefficient (Wildman–Crippen LogP) is 4.78. The SMILES string of the molecule is CCC(C)NC(=O)C(Cc1ccccc1)N(Cc1ccc(F)cc1)C(=O)CCCN(C)S(=O)(=O)c1ccccc1. The summed E-state index contributed by atoms with van der Waals surface area (Å²) in [6.07, 6.45) is 1.35. The van der Waals surface area contributed by atoms with E-state index in [1.165, 1.54) is 40.5 Å². The van der Waals surface area contributed by atoms with Crippen LogP contribution in [0.25, 0.3) is 0 Å². The molecule has 214 valence electrons. The molecule has 0 aromatic heterocycles. The van der Waals surface area contributed by atoms with Gasteiger partial charge in [-0.2, -0.15) is 0 Å². The predicted molar refractivity (Wildman–Crippen MR) is 154 cm³/mol. The van der Waals surface area contributed by atoms with Gasteiger partial charge in [0.2, 0.25) is 21.8 Å². The third kappa shape index (κ3) is 8.72. The molecule has 7 nitrogen and oxygen atoms in total. The van der Waals surface area contributed by atoms with Gasteiger partial charge in [0, 0.05) is 39.0 Å². The number of amides is 2. The molecule has 2 amide bonds. The van der Waals surface area contributed by atoms with Crippen LogP contribution in [0.1, 0.15) is 44.2 Å². The fraction of sp³-hybridized carbons (Fsp3) is 0.355. The molecule has 3 rings (SSSR count). The van der Waals surface area contributed by atoms with E-state index < -0.39 is 16.1 Å². The topological polar surface area (TPSA) is 86.8 Å². The second-order valence-corrected chi connectivity index (χ2v) is 12.0. The molecule has 2 unspecified atom stereocenters. The van der Waals surface area contributed by atoms with Crippen LogP contribution >= 0.6 is 0 Å². The van der Waals surface area contributed by atoms with Crippen LogP contribution in [0.3, 0.4) is 0 Å². The van der Waals surface area contributed by atoms with Gasteiger partial charge in [-0.15, -0.1) is 0 Å². The van der Waals surface area contributed by atoms with Gasteiger partial charge in [-0.25, -0.2) is 17.1 Å². The summed E-state index contributed by atoms with van der Waals surface area (Å²) in [5.74, 6) is -0.938. The van der Waals surface area contributed by atoms with E-state index in [9.17, 15) is 22.4 Å². The van der Waals surface area contributed by atoms with Crippen molar-refractivity contribution >= 4 is 21.8 Å². The van der Waals surface area contributed by atoms with Crippen molar-refractivity contribution in [2.75, 3.05) is 13.6 Å². The number of sulfonamides is 1. The lowest BCUT2D eigenvalue weighted by molar-refractivity contribution is -0.141. The van der Waals surface area contributed by atoms with Gasteiger partial charge in [0.25, 0.3) is 0 Å². The molecule has 0 heterocycles. The molecule has 0 aliphatic heterocycles. The highest BCUT2D eigenvalue weighted by atomic mass is 32.2. The second kappa shape index (κ2) is 14.7. The van der Waals surface area contributed by atoms with Crippen molar-refractivity contribution in [3.63, 3.8) is 0 Å². The van der Waals surface area contributed by atoms with Gasteiger partial charge in [0.05, 0.1) is 4.90 Å². The van der Waals surface area contributed by atoms with E-state index in [-0.39, 0.29) is 54.5 Å². The normalized spacial score (nSPS) is 13.0. The molecule has 0 saturated heterocycles. The third-order valence-corrected chi connectivity index (χ3v) is 8.72. The Morgan fingerprint density at radius 2 is 1.50 bits per heavy atom. The maximum Gasteiger partial charge on any atom is 0.243 e. The first-order valence-corrected chi connectivity index (χ1v) is 15.0. The Labute approximate surface area is 237 Å². The molecule has 0 bridgehead atoms. The number of carbonyl (C=O) groups is 2.